The lowest BCUT2D eigenvalue weighted by Crippen LogP contribution is -2.13. The second kappa shape index (κ2) is 17.6. The van der Waals surface area contributed by atoms with Crippen molar-refractivity contribution >= 4 is 0 Å². The van der Waals surface area contributed by atoms with E-state index in [4.69, 9.17) is 4.74 Å². The first-order valence-corrected chi connectivity index (χ1v) is 15.6. The fraction of sp³-hybridized carbons (Fsp3) is 0.676. The Labute approximate surface area is 226 Å². The lowest BCUT2D eigenvalue weighted by Gasteiger charge is -2.29. The standard InChI is InChI=1S/C34H52FNO/c1-3-5-7-8-9-10-11-12-13-15-27-37-33-26-25-32(36-34(33)35)31-23-21-30(22-24-31)29-19-17-28(18-20-29)16-14-6-4-2/h21-26,28-29H,3-20,27H2,1-2H3. The predicted molar refractivity (Wildman–Crippen MR) is 156 cm³/mol. The molecule has 1 aliphatic rings. The molecule has 0 spiro atoms. The molecule has 0 bridgehead atoms. The fourth-order valence-corrected chi connectivity index (χ4v) is 5.86. The maximum absolute atomic E-state index is 14.6. The Balaban J connectivity index is 1.35. The number of pyridine rings is 1. The molecule has 0 N–H and O–H groups in total. The second-order valence-corrected chi connectivity index (χ2v) is 11.4. The van der Waals surface area contributed by atoms with Gasteiger partial charge in [-0.25, -0.2) is 4.98 Å². The number of aromatic nitrogens is 1. The van der Waals surface area contributed by atoms with Crippen LogP contribution in [0.1, 0.15) is 141 Å². The zero-order valence-corrected chi connectivity index (χ0v) is 23.8. The molecule has 0 amide bonds. The monoisotopic (exact) mass is 509 g/mol. The summed E-state index contributed by atoms with van der Waals surface area (Å²) < 4.78 is 20.3. The van der Waals surface area contributed by atoms with Gasteiger partial charge in [0.15, 0.2) is 5.75 Å². The third-order valence-corrected chi connectivity index (χ3v) is 8.31. The molecule has 206 valence electrons. The molecule has 1 aromatic carbocycles. The molecule has 1 fully saturated rings. The molecular weight excluding hydrogens is 457 g/mol. The normalized spacial score (nSPS) is 17.7. The van der Waals surface area contributed by atoms with E-state index in [0.717, 1.165) is 24.3 Å². The number of hydrogen-bond acceptors (Lipinski definition) is 2. The maximum atomic E-state index is 14.6. The van der Waals surface area contributed by atoms with E-state index in [1.54, 1.807) is 6.07 Å². The molecule has 2 aromatic rings. The Morgan fingerprint density at radius 3 is 1.92 bits per heavy atom. The highest BCUT2D eigenvalue weighted by atomic mass is 19.1. The van der Waals surface area contributed by atoms with E-state index in [9.17, 15) is 4.39 Å². The molecule has 1 aromatic heterocycles. The van der Waals surface area contributed by atoms with Crippen LogP contribution in [0.5, 0.6) is 5.75 Å². The SMILES string of the molecule is CCCCCCCCCCCCOc1ccc(-c2ccc(C3CCC(CCCCC)CC3)cc2)nc1F. The number of ether oxygens (including phenoxy) is 1. The van der Waals surface area contributed by atoms with Crippen LogP contribution < -0.4 is 4.74 Å². The van der Waals surface area contributed by atoms with Gasteiger partial charge in [0.05, 0.1) is 12.3 Å². The summed E-state index contributed by atoms with van der Waals surface area (Å²) in [5, 5.41) is 0. The fourth-order valence-electron chi connectivity index (χ4n) is 5.86. The van der Waals surface area contributed by atoms with Crippen LogP contribution in [0.4, 0.5) is 4.39 Å². The van der Waals surface area contributed by atoms with Crippen molar-refractivity contribution in [2.24, 2.45) is 5.92 Å². The third kappa shape index (κ3) is 10.8. The van der Waals surface area contributed by atoms with Gasteiger partial charge in [0.25, 0.3) is 5.95 Å². The highest BCUT2D eigenvalue weighted by molar-refractivity contribution is 5.60. The van der Waals surface area contributed by atoms with Crippen LogP contribution in [0.2, 0.25) is 0 Å². The average molecular weight is 510 g/mol. The molecule has 0 radical (unpaired) electrons. The van der Waals surface area contributed by atoms with E-state index in [0.29, 0.717) is 18.2 Å². The summed E-state index contributed by atoms with van der Waals surface area (Å²) in [5.41, 5.74) is 3.07. The summed E-state index contributed by atoms with van der Waals surface area (Å²) in [6.45, 7) is 5.10. The zero-order chi connectivity index (χ0) is 26.1. The van der Waals surface area contributed by atoms with Crippen molar-refractivity contribution < 1.29 is 9.13 Å². The molecule has 3 heteroatoms. The van der Waals surface area contributed by atoms with Crippen molar-refractivity contribution in [1.82, 2.24) is 4.98 Å². The number of nitrogens with zero attached hydrogens (tertiary/aromatic N) is 1. The summed E-state index contributed by atoms with van der Waals surface area (Å²) in [7, 11) is 0. The summed E-state index contributed by atoms with van der Waals surface area (Å²) in [4.78, 5) is 4.21. The van der Waals surface area contributed by atoms with E-state index >= 15 is 0 Å². The quantitative estimate of drug-likeness (QED) is 0.147. The van der Waals surface area contributed by atoms with Crippen molar-refractivity contribution in [2.75, 3.05) is 6.61 Å². The Morgan fingerprint density at radius 2 is 1.30 bits per heavy atom. The van der Waals surface area contributed by atoms with E-state index < -0.39 is 5.95 Å². The number of hydrogen-bond donors (Lipinski definition) is 0. The van der Waals surface area contributed by atoms with Gasteiger partial charge in [0, 0.05) is 5.56 Å². The van der Waals surface area contributed by atoms with Gasteiger partial charge in [-0.05, 0) is 61.6 Å². The molecule has 37 heavy (non-hydrogen) atoms. The molecule has 1 aliphatic carbocycles. The first kappa shape index (κ1) is 29.7. The average Bonchev–Trinajstić information content (AvgIpc) is 2.93. The summed E-state index contributed by atoms with van der Waals surface area (Å²) in [5.74, 6) is 1.37. The van der Waals surface area contributed by atoms with Gasteiger partial charge in [-0.15, -0.1) is 0 Å². The van der Waals surface area contributed by atoms with Crippen LogP contribution in [0.25, 0.3) is 11.3 Å². The topological polar surface area (TPSA) is 22.1 Å². The van der Waals surface area contributed by atoms with Gasteiger partial charge in [-0.3, -0.25) is 0 Å². The molecule has 0 unspecified atom stereocenters. The predicted octanol–water partition coefficient (Wildman–Crippen LogP) is 11.0. The maximum Gasteiger partial charge on any atom is 0.255 e. The molecule has 2 nitrogen and oxygen atoms in total. The number of unbranched alkanes of at least 4 members (excludes halogenated alkanes) is 11. The van der Waals surface area contributed by atoms with Gasteiger partial charge in [0.1, 0.15) is 0 Å². The lowest BCUT2D eigenvalue weighted by atomic mass is 9.77. The largest absolute Gasteiger partial charge is 0.489 e. The van der Waals surface area contributed by atoms with Crippen LogP contribution >= 0.6 is 0 Å². The van der Waals surface area contributed by atoms with Gasteiger partial charge >= 0.3 is 0 Å². The van der Waals surface area contributed by atoms with E-state index in [2.05, 4.69) is 43.1 Å². The third-order valence-electron chi connectivity index (χ3n) is 8.31. The van der Waals surface area contributed by atoms with Crippen LogP contribution in [0.15, 0.2) is 36.4 Å². The van der Waals surface area contributed by atoms with Crippen molar-refractivity contribution in [1.29, 1.82) is 0 Å². The highest BCUT2D eigenvalue weighted by Crippen LogP contribution is 2.38. The smallest absolute Gasteiger partial charge is 0.255 e. The zero-order valence-electron chi connectivity index (χ0n) is 23.8. The van der Waals surface area contributed by atoms with Gasteiger partial charge in [-0.1, -0.05) is 122 Å². The summed E-state index contributed by atoms with van der Waals surface area (Å²) >= 11 is 0. The first-order valence-electron chi connectivity index (χ1n) is 15.6. The number of rotatable bonds is 18. The van der Waals surface area contributed by atoms with Crippen LogP contribution in [-0.4, -0.2) is 11.6 Å². The van der Waals surface area contributed by atoms with Crippen LogP contribution in [0.3, 0.4) is 0 Å². The van der Waals surface area contributed by atoms with Crippen LogP contribution in [0, 0.1) is 11.9 Å². The van der Waals surface area contributed by atoms with Gasteiger partial charge in [0.2, 0.25) is 0 Å². The second-order valence-electron chi connectivity index (χ2n) is 11.4. The Bertz CT molecular complexity index is 857. The van der Waals surface area contributed by atoms with E-state index in [1.165, 1.54) is 108 Å². The minimum Gasteiger partial charge on any atom is -0.489 e. The van der Waals surface area contributed by atoms with Crippen LogP contribution in [-0.2, 0) is 0 Å². The molecule has 3 rings (SSSR count). The summed E-state index contributed by atoms with van der Waals surface area (Å²) in [6.07, 6.45) is 23.6. The number of benzene rings is 1. The van der Waals surface area contributed by atoms with Crippen molar-refractivity contribution in [3.05, 3.63) is 47.9 Å². The van der Waals surface area contributed by atoms with E-state index in [1.807, 2.05) is 6.07 Å². The molecule has 0 saturated heterocycles. The van der Waals surface area contributed by atoms with Crippen molar-refractivity contribution in [2.45, 2.75) is 135 Å². The first-order chi connectivity index (χ1) is 18.2. The molecular formula is C34H52FNO. The van der Waals surface area contributed by atoms with E-state index in [-0.39, 0.29) is 5.75 Å². The molecule has 0 aliphatic heterocycles. The Hall–Kier alpha value is -1.90. The molecule has 1 heterocycles. The number of halogens is 1. The van der Waals surface area contributed by atoms with Crippen molar-refractivity contribution in [3.63, 3.8) is 0 Å². The van der Waals surface area contributed by atoms with Crippen molar-refractivity contribution in [3.8, 4) is 17.0 Å². The van der Waals surface area contributed by atoms with Gasteiger partial charge in [-0.2, -0.15) is 4.39 Å². The molecule has 1 saturated carbocycles. The Kier molecular flexibility index (Phi) is 14.1. The lowest BCUT2D eigenvalue weighted by molar-refractivity contribution is 0.286. The highest BCUT2D eigenvalue weighted by Gasteiger charge is 2.22. The summed E-state index contributed by atoms with van der Waals surface area (Å²) in [6, 6.07) is 12.3. The van der Waals surface area contributed by atoms with Gasteiger partial charge < -0.3 is 4.74 Å². The minimum absolute atomic E-state index is 0.270. The Morgan fingerprint density at radius 1 is 0.703 bits per heavy atom. The molecule has 0 atom stereocenters. The minimum atomic E-state index is -0.505.